The third-order valence-corrected chi connectivity index (χ3v) is 9.94. The van der Waals surface area contributed by atoms with Crippen LogP contribution < -0.4 is 14.2 Å². The molecule has 0 spiro atoms. The van der Waals surface area contributed by atoms with Gasteiger partial charge < -0.3 is 14.2 Å². The molecule has 10 rings (SSSR count). The van der Waals surface area contributed by atoms with Crippen LogP contribution in [0.4, 0.5) is 0 Å². The summed E-state index contributed by atoms with van der Waals surface area (Å²) >= 11 is 0. The summed E-state index contributed by atoms with van der Waals surface area (Å²) in [4.78, 5) is 15.6. The molecule has 0 N–H and O–H groups in total. The van der Waals surface area contributed by atoms with Crippen molar-refractivity contribution in [3.8, 4) is 50.6 Å². The summed E-state index contributed by atoms with van der Waals surface area (Å²) in [5.41, 5.74) is 9.29. The van der Waals surface area contributed by atoms with Crippen LogP contribution in [0.3, 0.4) is 0 Å². The summed E-state index contributed by atoms with van der Waals surface area (Å²) in [6.45, 7) is 0. The summed E-state index contributed by atoms with van der Waals surface area (Å²) in [6, 6.07) is 31.3. The van der Waals surface area contributed by atoms with Crippen LogP contribution in [0.2, 0.25) is 0 Å². The fourth-order valence-electron chi connectivity index (χ4n) is 7.70. The number of pyridine rings is 3. The van der Waals surface area contributed by atoms with Gasteiger partial charge in [-0.15, -0.1) is 0 Å². The number of ether oxygens (including phenoxy) is 3. The molecule has 0 aliphatic carbocycles. The molecule has 0 fully saturated rings. The van der Waals surface area contributed by atoms with Crippen molar-refractivity contribution in [1.82, 2.24) is 15.0 Å². The molecular formula is C42H27N3O3. The van der Waals surface area contributed by atoms with E-state index in [9.17, 15) is 0 Å². The van der Waals surface area contributed by atoms with E-state index in [4.69, 9.17) is 29.2 Å². The Morgan fingerprint density at radius 3 is 0.875 bits per heavy atom. The lowest BCUT2D eigenvalue weighted by atomic mass is 9.82. The maximum absolute atomic E-state index is 5.47. The van der Waals surface area contributed by atoms with Gasteiger partial charge in [0.2, 0.25) is 0 Å². The first kappa shape index (κ1) is 26.9. The minimum Gasteiger partial charge on any atom is -0.497 e. The van der Waals surface area contributed by atoms with E-state index in [1.165, 1.54) is 16.2 Å². The van der Waals surface area contributed by atoms with Crippen molar-refractivity contribution >= 4 is 65.0 Å². The Balaban J connectivity index is 1.40. The zero-order valence-electron chi connectivity index (χ0n) is 26.5. The Morgan fingerprint density at radius 2 is 0.625 bits per heavy atom. The molecule has 0 unspecified atom stereocenters. The molecule has 0 aliphatic rings. The first-order valence-corrected chi connectivity index (χ1v) is 15.8. The topological polar surface area (TPSA) is 66.4 Å². The number of nitrogens with zero attached hydrogens (tertiary/aromatic N) is 3. The van der Waals surface area contributed by atoms with Crippen LogP contribution in [0.5, 0.6) is 17.2 Å². The first-order valence-electron chi connectivity index (χ1n) is 15.8. The molecule has 0 radical (unpaired) electrons. The van der Waals surface area contributed by atoms with Crippen molar-refractivity contribution in [3.63, 3.8) is 0 Å². The zero-order valence-corrected chi connectivity index (χ0v) is 26.5. The fourth-order valence-corrected chi connectivity index (χ4v) is 7.70. The number of methoxy groups -OCH3 is 3. The summed E-state index contributed by atoms with van der Waals surface area (Å²) in [7, 11) is 5.07. The van der Waals surface area contributed by atoms with Crippen molar-refractivity contribution < 1.29 is 14.2 Å². The van der Waals surface area contributed by atoms with E-state index in [-0.39, 0.29) is 0 Å². The lowest BCUT2D eigenvalue weighted by Gasteiger charge is -2.23. The third-order valence-electron chi connectivity index (χ3n) is 9.94. The summed E-state index contributed by atoms with van der Waals surface area (Å²) in [5.74, 6) is 2.45. The van der Waals surface area contributed by atoms with E-state index in [2.05, 4.69) is 54.6 Å². The van der Waals surface area contributed by atoms with Crippen molar-refractivity contribution in [3.05, 3.63) is 110 Å². The molecule has 0 aliphatic heterocycles. The lowest BCUT2D eigenvalue weighted by molar-refractivity contribution is 0.415. The van der Waals surface area contributed by atoms with Crippen LogP contribution in [-0.2, 0) is 0 Å². The second-order valence-corrected chi connectivity index (χ2v) is 12.3. The molecule has 6 heteroatoms. The average molecular weight is 622 g/mol. The predicted molar refractivity (Wildman–Crippen MR) is 194 cm³/mol. The second-order valence-electron chi connectivity index (χ2n) is 12.3. The maximum Gasteiger partial charge on any atom is 0.118 e. The van der Waals surface area contributed by atoms with Crippen molar-refractivity contribution in [2.75, 3.05) is 21.3 Å². The quantitative estimate of drug-likeness (QED) is 0.136. The Hall–Kier alpha value is -6.27. The van der Waals surface area contributed by atoms with E-state index in [0.29, 0.717) is 0 Å². The largest absolute Gasteiger partial charge is 0.497 e. The molecule has 0 amide bonds. The molecule has 3 aromatic heterocycles. The molecule has 10 aromatic rings. The van der Waals surface area contributed by atoms with Gasteiger partial charge in [0.1, 0.15) is 17.2 Å². The van der Waals surface area contributed by atoms with E-state index in [0.717, 1.165) is 99.5 Å². The molecule has 0 atom stereocenters. The highest BCUT2D eigenvalue weighted by Gasteiger charge is 2.26. The molecule has 228 valence electrons. The van der Waals surface area contributed by atoms with Crippen LogP contribution >= 0.6 is 0 Å². The van der Waals surface area contributed by atoms with Crippen LogP contribution in [0.1, 0.15) is 0 Å². The Labute approximate surface area is 275 Å². The molecule has 6 nitrogen and oxygen atoms in total. The van der Waals surface area contributed by atoms with Crippen LogP contribution in [0, 0.1) is 0 Å². The number of aromatic nitrogens is 3. The van der Waals surface area contributed by atoms with Crippen molar-refractivity contribution in [2.24, 2.45) is 0 Å². The van der Waals surface area contributed by atoms with Gasteiger partial charge in [-0.1, -0.05) is 36.4 Å². The SMILES string of the molecule is COc1ccc(-c2cc3cnc4c(-c5ccc(OC)cc5)cc5cnc6c(-c7ccc(OC)cc7)cc7cnc2c2c7c6c5c4c32)cc1. The Morgan fingerprint density at radius 1 is 0.354 bits per heavy atom. The smallest absolute Gasteiger partial charge is 0.118 e. The summed E-state index contributed by atoms with van der Waals surface area (Å²) < 4.78 is 16.4. The predicted octanol–water partition coefficient (Wildman–Crippen LogP) is 10.1. The van der Waals surface area contributed by atoms with Crippen LogP contribution in [-0.4, -0.2) is 36.3 Å². The number of hydrogen-bond donors (Lipinski definition) is 0. The summed E-state index contributed by atoms with van der Waals surface area (Å²) in [6.07, 6.45) is 6.07. The average Bonchev–Trinajstić information content (AvgIpc) is 3.16. The first-order chi connectivity index (χ1) is 23.6. The molecule has 48 heavy (non-hydrogen) atoms. The van der Waals surface area contributed by atoms with Crippen LogP contribution in [0.25, 0.3) is 98.4 Å². The van der Waals surface area contributed by atoms with E-state index in [1.807, 2.05) is 55.0 Å². The number of rotatable bonds is 6. The fraction of sp³-hybridized carbons (Fsp3) is 0.0714. The number of hydrogen-bond acceptors (Lipinski definition) is 6. The van der Waals surface area contributed by atoms with E-state index in [1.54, 1.807) is 21.3 Å². The molecule has 0 saturated carbocycles. The highest BCUT2D eigenvalue weighted by atomic mass is 16.5. The zero-order chi connectivity index (χ0) is 32.1. The lowest BCUT2D eigenvalue weighted by Crippen LogP contribution is -2.00. The Kier molecular flexibility index (Phi) is 5.53. The monoisotopic (exact) mass is 621 g/mol. The van der Waals surface area contributed by atoms with E-state index >= 15 is 0 Å². The van der Waals surface area contributed by atoms with E-state index < -0.39 is 0 Å². The van der Waals surface area contributed by atoms with Gasteiger partial charge in [0.05, 0.1) is 37.9 Å². The minimum atomic E-state index is 0.817. The standard InChI is InChI=1S/C42H27N3O3/c1-46-28-10-4-22(5-11-28)31-16-25-19-44-41-33(24-8-14-30(48-3)15-9-24)18-27-21-45-42-32(23-6-12-29(47-2)13-7-23)17-26-20-43-40(31)37-34(25)38(41)36(27)39(42)35(26)37/h4-21H,1-3H3. The van der Waals surface area contributed by atoms with Crippen molar-refractivity contribution in [2.45, 2.75) is 0 Å². The molecule has 3 heterocycles. The van der Waals surface area contributed by atoms with Gasteiger partial charge in [0.25, 0.3) is 0 Å². The van der Waals surface area contributed by atoms with Gasteiger partial charge in [-0.25, -0.2) is 0 Å². The minimum absolute atomic E-state index is 0.817. The molecule has 0 bridgehead atoms. The van der Waals surface area contributed by atoms with Gasteiger partial charge >= 0.3 is 0 Å². The van der Waals surface area contributed by atoms with Gasteiger partial charge in [0.15, 0.2) is 0 Å². The van der Waals surface area contributed by atoms with Gasteiger partial charge in [-0.2, -0.15) is 0 Å². The van der Waals surface area contributed by atoms with Gasteiger partial charge in [0, 0.05) is 83.8 Å². The van der Waals surface area contributed by atoms with Crippen molar-refractivity contribution in [1.29, 1.82) is 0 Å². The normalized spacial score (nSPS) is 12.1. The maximum atomic E-state index is 5.47. The molecule has 0 saturated heterocycles. The highest BCUT2D eigenvalue weighted by Crippen LogP contribution is 2.52. The third kappa shape index (κ3) is 3.60. The van der Waals surface area contributed by atoms with Gasteiger partial charge in [-0.3, -0.25) is 15.0 Å². The second kappa shape index (κ2) is 9.86. The Bertz CT molecular complexity index is 2470. The number of benzene rings is 7. The van der Waals surface area contributed by atoms with Gasteiger partial charge in [-0.05, 0) is 71.3 Å². The molecular weight excluding hydrogens is 594 g/mol. The summed E-state index contributed by atoms with van der Waals surface area (Å²) in [5, 5.41) is 10.2. The highest BCUT2D eigenvalue weighted by molar-refractivity contribution is 6.45. The molecule has 7 aromatic carbocycles. The van der Waals surface area contributed by atoms with Crippen LogP contribution in [0.15, 0.2) is 110 Å².